The Bertz CT molecular complexity index is 1270. The Hall–Kier alpha value is -3.08. The molecule has 1 N–H and O–H groups in total. The molecule has 0 atom stereocenters. The molecule has 3 aromatic rings. The topological polar surface area (TPSA) is 98.9 Å². The van der Waals surface area contributed by atoms with Gasteiger partial charge < -0.3 is 5.32 Å². The molecule has 2 aromatic heterocycles. The summed E-state index contributed by atoms with van der Waals surface area (Å²) in [5, 5.41) is 2.72. The van der Waals surface area contributed by atoms with Crippen LogP contribution in [0.4, 0.5) is 14.5 Å². The van der Waals surface area contributed by atoms with Crippen LogP contribution < -0.4 is 16.6 Å². The minimum absolute atomic E-state index is 0.0879. The number of hydrogen-bond donors (Lipinski definition) is 1. The van der Waals surface area contributed by atoms with Gasteiger partial charge in [-0.3, -0.25) is 18.7 Å². The maximum absolute atomic E-state index is 13.7. The zero-order chi connectivity index (χ0) is 22.2. The zero-order valence-electron chi connectivity index (χ0n) is 16.7. The van der Waals surface area contributed by atoms with Crippen LogP contribution in [0.1, 0.15) is 25.6 Å². The van der Waals surface area contributed by atoms with Gasteiger partial charge in [-0.25, -0.2) is 23.5 Å². The Morgan fingerprint density at radius 2 is 1.87 bits per heavy atom. The van der Waals surface area contributed by atoms with E-state index >= 15 is 0 Å². The van der Waals surface area contributed by atoms with Crippen LogP contribution in [0.15, 0.2) is 32.8 Å². The van der Waals surface area contributed by atoms with Gasteiger partial charge in [0, 0.05) is 26.1 Å². The maximum atomic E-state index is 13.7. The fourth-order valence-corrected chi connectivity index (χ4v) is 3.54. The quantitative estimate of drug-likeness (QED) is 0.487. The van der Waals surface area contributed by atoms with E-state index in [0.717, 1.165) is 28.5 Å². The van der Waals surface area contributed by atoms with Crippen LogP contribution in [0, 0.1) is 11.6 Å². The summed E-state index contributed by atoms with van der Waals surface area (Å²) in [7, 11) is 2.85. The lowest BCUT2D eigenvalue weighted by Gasteiger charge is -2.13. The molecule has 0 aliphatic heterocycles. The number of hydrogen-bond acceptors (Lipinski definition) is 6. The molecule has 1 amide bonds. The molecule has 0 fully saturated rings. The molecule has 0 saturated carbocycles. The third kappa shape index (κ3) is 4.11. The smallest absolute Gasteiger partial charge is 0.323 e. The monoisotopic (exact) mass is 435 g/mol. The van der Waals surface area contributed by atoms with Gasteiger partial charge in [-0.2, -0.15) is 0 Å². The van der Waals surface area contributed by atoms with E-state index in [0.29, 0.717) is 11.9 Å². The number of fused-ring (bicyclic) bond motifs is 1. The van der Waals surface area contributed by atoms with Gasteiger partial charge in [0.05, 0.1) is 11.4 Å². The Labute approximate surface area is 174 Å². The van der Waals surface area contributed by atoms with Crippen molar-refractivity contribution >= 4 is 34.4 Å². The Kier molecular flexibility index (Phi) is 6.01. The third-order valence-corrected chi connectivity index (χ3v) is 5.32. The standard InChI is InChI=1S/C19H19F2N5O3S/c1-9(2)15-23-16-14(18(28)26(4)19(29)25(16)3)17(24-15)30-8-13(27)22-12-6-5-10(20)7-11(12)21/h5-7,9H,8H2,1-4H3,(H,22,27). The summed E-state index contributed by atoms with van der Waals surface area (Å²) in [5.74, 6) is -2.08. The normalized spacial score (nSPS) is 11.3. The summed E-state index contributed by atoms with van der Waals surface area (Å²) >= 11 is 0.967. The highest BCUT2D eigenvalue weighted by Gasteiger charge is 2.19. The summed E-state index contributed by atoms with van der Waals surface area (Å²) < 4.78 is 29.0. The molecule has 0 bridgehead atoms. The number of nitrogens with one attached hydrogen (secondary N) is 1. The van der Waals surface area contributed by atoms with Crippen molar-refractivity contribution in [2.24, 2.45) is 14.1 Å². The number of thioether (sulfide) groups is 1. The van der Waals surface area contributed by atoms with Gasteiger partial charge in [-0.15, -0.1) is 0 Å². The summed E-state index contributed by atoms with van der Waals surface area (Å²) in [4.78, 5) is 46.0. The highest BCUT2D eigenvalue weighted by atomic mass is 32.2. The van der Waals surface area contributed by atoms with E-state index in [1.54, 1.807) is 0 Å². The van der Waals surface area contributed by atoms with Crippen LogP contribution >= 0.6 is 11.8 Å². The largest absolute Gasteiger partial charge is 0.332 e. The lowest BCUT2D eigenvalue weighted by molar-refractivity contribution is -0.113. The summed E-state index contributed by atoms with van der Waals surface area (Å²) in [5.41, 5.74) is -1.08. The number of nitrogens with zero attached hydrogens (tertiary/aromatic N) is 4. The van der Waals surface area contributed by atoms with Crippen LogP contribution in [0.5, 0.6) is 0 Å². The van der Waals surface area contributed by atoms with Crippen LogP contribution in [-0.4, -0.2) is 30.8 Å². The first-order valence-corrected chi connectivity index (χ1v) is 9.94. The lowest BCUT2D eigenvalue weighted by atomic mass is 10.2. The molecule has 8 nitrogen and oxygen atoms in total. The van der Waals surface area contributed by atoms with Crippen LogP contribution in [-0.2, 0) is 18.9 Å². The lowest BCUT2D eigenvalue weighted by Crippen LogP contribution is -2.38. The number of rotatable bonds is 5. The SMILES string of the molecule is CC(C)c1nc(SCC(=O)Nc2ccc(F)cc2F)c2c(=O)n(C)c(=O)n(C)c2n1. The van der Waals surface area contributed by atoms with Gasteiger partial charge in [0.1, 0.15) is 27.9 Å². The van der Waals surface area contributed by atoms with E-state index in [1.807, 2.05) is 13.8 Å². The second-order valence-corrected chi connectivity index (χ2v) is 7.87. The van der Waals surface area contributed by atoms with Crippen molar-refractivity contribution in [2.75, 3.05) is 11.1 Å². The molecule has 0 spiro atoms. The molecule has 1 aromatic carbocycles. The highest BCUT2D eigenvalue weighted by molar-refractivity contribution is 8.00. The average molecular weight is 435 g/mol. The number of carbonyl (C=O) groups is 1. The minimum Gasteiger partial charge on any atom is -0.323 e. The molecular formula is C19H19F2N5O3S. The van der Waals surface area contributed by atoms with Crippen LogP contribution in [0.2, 0.25) is 0 Å². The first-order chi connectivity index (χ1) is 14.1. The van der Waals surface area contributed by atoms with Gasteiger partial charge in [0.15, 0.2) is 5.65 Å². The molecule has 11 heteroatoms. The molecule has 2 heterocycles. The number of carbonyl (C=O) groups excluding carboxylic acids is 1. The Morgan fingerprint density at radius 1 is 1.17 bits per heavy atom. The van der Waals surface area contributed by atoms with Gasteiger partial charge in [-0.05, 0) is 12.1 Å². The van der Waals surface area contributed by atoms with Crippen molar-refractivity contribution in [2.45, 2.75) is 24.8 Å². The molecule has 0 aliphatic rings. The van der Waals surface area contributed by atoms with E-state index < -0.39 is 28.8 Å². The Morgan fingerprint density at radius 3 is 2.50 bits per heavy atom. The summed E-state index contributed by atoms with van der Waals surface area (Å²) in [6.45, 7) is 3.72. The van der Waals surface area contributed by atoms with Crippen molar-refractivity contribution in [1.29, 1.82) is 0 Å². The van der Waals surface area contributed by atoms with Crippen molar-refractivity contribution in [3.63, 3.8) is 0 Å². The van der Waals surface area contributed by atoms with E-state index in [2.05, 4.69) is 15.3 Å². The van der Waals surface area contributed by atoms with Crippen LogP contribution in [0.25, 0.3) is 11.0 Å². The van der Waals surface area contributed by atoms with Gasteiger partial charge in [-0.1, -0.05) is 25.6 Å². The van der Waals surface area contributed by atoms with E-state index in [1.165, 1.54) is 18.7 Å². The molecule has 0 saturated heterocycles. The van der Waals surface area contributed by atoms with Crippen molar-refractivity contribution in [3.8, 4) is 0 Å². The van der Waals surface area contributed by atoms with Crippen molar-refractivity contribution < 1.29 is 13.6 Å². The fraction of sp³-hybridized carbons (Fsp3) is 0.316. The van der Waals surface area contributed by atoms with Crippen molar-refractivity contribution in [3.05, 3.63) is 56.5 Å². The minimum atomic E-state index is -0.896. The molecule has 158 valence electrons. The number of aromatic nitrogens is 4. The van der Waals surface area contributed by atoms with Gasteiger partial charge in [0.2, 0.25) is 5.91 Å². The molecule has 30 heavy (non-hydrogen) atoms. The van der Waals surface area contributed by atoms with E-state index in [9.17, 15) is 23.2 Å². The predicted octanol–water partition coefficient (Wildman–Crippen LogP) is 2.16. The zero-order valence-corrected chi connectivity index (χ0v) is 17.5. The van der Waals surface area contributed by atoms with Crippen molar-refractivity contribution in [1.82, 2.24) is 19.1 Å². The average Bonchev–Trinajstić information content (AvgIpc) is 2.70. The number of amides is 1. The third-order valence-electron chi connectivity index (χ3n) is 4.35. The molecule has 0 aliphatic carbocycles. The van der Waals surface area contributed by atoms with E-state index in [4.69, 9.17) is 0 Å². The molecular weight excluding hydrogens is 416 g/mol. The predicted molar refractivity (Wildman–Crippen MR) is 110 cm³/mol. The Balaban J connectivity index is 1.97. The molecule has 0 unspecified atom stereocenters. The summed E-state index contributed by atoms with van der Waals surface area (Å²) in [6.07, 6.45) is 0. The van der Waals surface area contributed by atoms with Crippen LogP contribution in [0.3, 0.4) is 0 Å². The number of halogens is 2. The number of anilines is 1. The first-order valence-electron chi connectivity index (χ1n) is 8.95. The summed E-state index contributed by atoms with van der Waals surface area (Å²) in [6, 6.07) is 2.82. The highest BCUT2D eigenvalue weighted by Crippen LogP contribution is 2.25. The second kappa shape index (κ2) is 8.34. The van der Waals surface area contributed by atoms with Gasteiger partial charge >= 0.3 is 5.69 Å². The van der Waals surface area contributed by atoms with E-state index in [-0.39, 0.29) is 33.4 Å². The number of aryl methyl sites for hydroxylation is 1. The first kappa shape index (κ1) is 21.6. The fourth-order valence-electron chi connectivity index (χ4n) is 2.72. The van der Waals surface area contributed by atoms with Gasteiger partial charge in [0.25, 0.3) is 5.56 Å². The molecule has 3 rings (SSSR count). The maximum Gasteiger partial charge on any atom is 0.332 e. The molecule has 0 radical (unpaired) electrons. The number of benzene rings is 1. The second-order valence-electron chi connectivity index (χ2n) is 6.91.